The van der Waals surface area contributed by atoms with Crippen LogP contribution in [-0.4, -0.2) is 10.2 Å². The Morgan fingerprint density at radius 3 is 2.70 bits per heavy atom. The van der Waals surface area contributed by atoms with Crippen LogP contribution < -0.4 is 4.57 Å². The van der Waals surface area contributed by atoms with Crippen LogP contribution >= 0.6 is 0 Å². The molecule has 0 aliphatic rings. The molecule has 3 nitrogen and oxygen atoms in total. The molecule has 10 heavy (non-hydrogen) atoms. The second-order valence-electron chi connectivity index (χ2n) is 2.15. The first-order chi connectivity index (χ1) is 4.74. The van der Waals surface area contributed by atoms with E-state index in [4.69, 9.17) is 10.2 Å². The summed E-state index contributed by atoms with van der Waals surface area (Å²) >= 11 is 0. The normalized spacial score (nSPS) is 9.80. The predicted octanol–water partition coefficient (Wildman–Crippen LogP) is -0.291. The predicted molar refractivity (Wildman–Crippen MR) is 35.2 cm³/mol. The highest BCUT2D eigenvalue weighted by Gasteiger charge is 2.03. The van der Waals surface area contributed by atoms with Gasteiger partial charge in [0.2, 0.25) is 11.9 Å². The Labute approximate surface area is 59.2 Å². The lowest BCUT2D eigenvalue weighted by atomic mass is 10.3. The highest BCUT2D eigenvalue weighted by molar-refractivity contribution is 5.13. The van der Waals surface area contributed by atoms with Gasteiger partial charge >= 0.3 is 0 Å². The van der Waals surface area contributed by atoms with E-state index in [1.165, 1.54) is 0 Å². The zero-order valence-electron chi connectivity index (χ0n) is 5.78. The topological polar surface area (TPSA) is 44.3 Å². The summed E-state index contributed by atoms with van der Waals surface area (Å²) in [7, 11) is 1.77. The maximum absolute atomic E-state index is 8.93. The third kappa shape index (κ3) is 1.25. The molecule has 0 amide bonds. The number of pyridine rings is 1. The molecule has 0 saturated carbocycles. The molecule has 0 aromatic carbocycles. The number of aromatic hydroxyl groups is 1. The molecule has 0 aliphatic carbocycles. The first kappa shape index (κ1) is 7.02. The lowest BCUT2D eigenvalue weighted by molar-refractivity contribution is -0.681. The zero-order valence-corrected chi connectivity index (χ0v) is 5.78. The molecule has 0 radical (unpaired) electrons. The van der Waals surface area contributed by atoms with Crippen LogP contribution in [0, 0.1) is 0 Å². The summed E-state index contributed by atoms with van der Waals surface area (Å²) in [4.78, 5) is 0. The maximum Gasteiger partial charge on any atom is 0.210 e. The van der Waals surface area contributed by atoms with E-state index in [0.29, 0.717) is 0 Å². The van der Waals surface area contributed by atoms with Gasteiger partial charge in [-0.25, -0.2) is 0 Å². The third-order valence-corrected chi connectivity index (χ3v) is 1.39. The van der Waals surface area contributed by atoms with Crippen LogP contribution in [0.1, 0.15) is 5.69 Å². The molecular weight excluding hydrogens is 130 g/mol. The lowest BCUT2D eigenvalue weighted by Crippen LogP contribution is -2.32. The number of aromatic nitrogens is 1. The molecule has 1 heterocycles. The molecular formula is C7H10NO2+. The molecule has 0 fully saturated rings. The molecule has 0 aliphatic heterocycles. The monoisotopic (exact) mass is 140 g/mol. The number of rotatable bonds is 1. The minimum atomic E-state index is -0.00319. The van der Waals surface area contributed by atoms with Gasteiger partial charge in [-0.05, 0) is 6.07 Å². The Kier molecular flexibility index (Phi) is 1.87. The number of aliphatic hydroxyl groups excluding tert-OH is 1. The zero-order chi connectivity index (χ0) is 7.56. The summed E-state index contributed by atoms with van der Waals surface area (Å²) in [6.45, 7) is -0.00319. The molecule has 0 saturated heterocycles. The summed E-state index contributed by atoms with van der Waals surface area (Å²) in [5.74, 6) is 0.208. The summed E-state index contributed by atoms with van der Waals surface area (Å²) < 4.78 is 1.68. The van der Waals surface area contributed by atoms with Crippen molar-refractivity contribution in [2.45, 2.75) is 6.61 Å². The number of nitrogens with zero attached hydrogens (tertiary/aromatic N) is 1. The summed E-state index contributed by atoms with van der Waals surface area (Å²) in [5.41, 5.74) is 0.776. The van der Waals surface area contributed by atoms with Gasteiger partial charge in [-0.15, -0.1) is 0 Å². The van der Waals surface area contributed by atoms with Crippen molar-refractivity contribution in [3.63, 3.8) is 0 Å². The Balaban J connectivity index is 3.07. The van der Waals surface area contributed by atoms with E-state index in [-0.39, 0.29) is 12.4 Å². The van der Waals surface area contributed by atoms with E-state index in [9.17, 15) is 0 Å². The van der Waals surface area contributed by atoms with Gasteiger partial charge in [0.15, 0.2) is 5.75 Å². The Hall–Kier alpha value is -1.09. The van der Waals surface area contributed by atoms with Crippen LogP contribution in [0.5, 0.6) is 5.75 Å². The van der Waals surface area contributed by atoms with Gasteiger partial charge in [0.05, 0.1) is 0 Å². The fraction of sp³-hybridized carbons (Fsp3) is 0.286. The molecule has 2 N–H and O–H groups in total. The SMILES string of the molecule is C[n+]1cc(O)ccc1CO. The van der Waals surface area contributed by atoms with Crippen molar-refractivity contribution in [1.82, 2.24) is 0 Å². The van der Waals surface area contributed by atoms with Crippen molar-refractivity contribution in [3.8, 4) is 5.75 Å². The Morgan fingerprint density at radius 2 is 2.20 bits per heavy atom. The molecule has 54 valence electrons. The van der Waals surface area contributed by atoms with E-state index in [1.54, 1.807) is 29.9 Å². The lowest BCUT2D eigenvalue weighted by Gasteiger charge is -1.94. The Bertz CT molecular complexity index is 235. The second-order valence-corrected chi connectivity index (χ2v) is 2.15. The number of aliphatic hydroxyl groups is 1. The molecule has 0 spiro atoms. The average molecular weight is 140 g/mol. The van der Waals surface area contributed by atoms with Crippen LogP contribution in [0.25, 0.3) is 0 Å². The standard InChI is InChI=1S/C7H9NO2/c1-8-4-7(10)3-2-6(8)5-9/h2-4,9H,5H2,1H3/p+1. The van der Waals surface area contributed by atoms with Gasteiger partial charge < -0.3 is 10.2 Å². The third-order valence-electron chi connectivity index (χ3n) is 1.39. The van der Waals surface area contributed by atoms with Crippen molar-refractivity contribution in [2.24, 2.45) is 7.05 Å². The van der Waals surface area contributed by atoms with Crippen LogP contribution in [0.15, 0.2) is 18.3 Å². The van der Waals surface area contributed by atoms with E-state index >= 15 is 0 Å². The largest absolute Gasteiger partial charge is 0.503 e. The molecule has 3 heteroatoms. The minimum absolute atomic E-state index is 0.00319. The minimum Gasteiger partial charge on any atom is -0.503 e. The first-order valence-electron chi connectivity index (χ1n) is 3.02. The van der Waals surface area contributed by atoms with Crippen molar-refractivity contribution >= 4 is 0 Å². The van der Waals surface area contributed by atoms with Gasteiger partial charge in [-0.3, -0.25) is 0 Å². The van der Waals surface area contributed by atoms with Crippen LogP contribution in [0.3, 0.4) is 0 Å². The van der Waals surface area contributed by atoms with Crippen molar-refractivity contribution in [1.29, 1.82) is 0 Å². The van der Waals surface area contributed by atoms with E-state index < -0.39 is 0 Å². The van der Waals surface area contributed by atoms with Gasteiger partial charge in [0.25, 0.3) is 0 Å². The van der Waals surface area contributed by atoms with Crippen molar-refractivity contribution in [3.05, 3.63) is 24.0 Å². The number of hydrogen-bond acceptors (Lipinski definition) is 2. The average Bonchev–Trinajstić information content (AvgIpc) is 1.88. The van der Waals surface area contributed by atoms with Crippen LogP contribution in [-0.2, 0) is 13.7 Å². The molecule has 0 unspecified atom stereocenters. The second kappa shape index (κ2) is 2.66. The van der Waals surface area contributed by atoms with Crippen molar-refractivity contribution < 1.29 is 14.8 Å². The van der Waals surface area contributed by atoms with Gasteiger partial charge in [0, 0.05) is 6.07 Å². The maximum atomic E-state index is 8.93. The van der Waals surface area contributed by atoms with E-state index in [2.05, 4.69) is 0 Å². The van der Waals surface area contributed by atoms with Gasteiger partial charge in [0.1, 0.15) is 13.7 Å². The highest BCUT2D eigenvalue weighted by atomic mass is 16.3. The number of hydrogen-bond donors (Lipinski definition) is 2. The van der Waals surface area contributed by atoms with Gasteiger partial charge in [-0.2, -0.15) is 4.57 Å². The summed E-state index contributed by atoms with van der Waals surface area (Å²) in [6, 6.07) is 3.22. The van der Waals surface area contributed by atoms with Crippen LogP contribution in [0.4, 0.5) is 0 Å². The smallest absolute Gasteiger partial charge is 0.210 e. The summed E-state index contributed by atoms with van der Waals surface area (Å²) in [5, 5.41) is 17.6. The fourth-order valence-corrected chi connectivity index (χ4v) is 0.788. The van der Waals surface area contributed by atoms with Gasteiger partial charge in [-0.1, -0.05) is 0 Å². The first-order valence-corrected chi connectivity index (χ1v) is 3.02. The highest BCUT2D eigenvalue weighted by Crippen LogP contribution is 2.03. The molecule has 1 rings (SSSR count). The molecule has 0 bridgehead atoms. The molecule has 1 aromatic rings. The number of aryl methyl sites for hydroxylation is 1. The fourth-order valence-electron chi connectivity index (χ4n) is 0.788. The Morgan fingerprint density at radius 1 is 1.50 bits per heavy atom. The summed E-state index contributed by atoms with van der Waals surface area (Å²) in [6.07, 6.45) is 1.55. The molecule has 1 aromatic heterocycles. The van der Waals surface area contributed by atoms with Crippen LogP contribution in [0.2, 0.25) is 0 Å². The van der Waals surface area contributed by atoms with E-state index in [0.717, 1.165) is 5.69 Å². The van der Waals surface area contributed by atoms with Crippen molar-refractivity contribution in [2.75, 3.05) is 0 Å². The molecule has 0 atom stereocenters. The quantitative estimate of drug-likeness (QED) is 0.526. The van der Waals surface area contributed by atoms with E-state index in [1.807, 2.05) is 0 Å².